The van der Waals surface area contributed by atoms with Crippen LogP contribution in [0, 0.1) is 17.0 Å². The maximum absolute atomic E-state index is 12.7. The Morgan fingerprint density at radius 1 is 1.23 bits per heavy atom. The van der Waals surface area contributed by atoms with Gasteiger partial charge in [0.2, 0.25) is 10.0 Å². The standard InChI is InChI=1S/C19H25N5O5S/c1-13-9-18(22-19(21-13)16-5-4-6-17(10-16)24(25)26)20-7-8-30(27,28)23-11-14(2)29-15(3)12-23/h4-6,9-10,14-15H,7-8,11-12H2,1-3H3,(H,20,21,22)/t14-,15-/m1/s1. The molecule has 1 aliphatic rings. The van der Waals surface area contributed by atoms with Crippen molar-refractivity contribution >= 4 is 21.5 Å². The van der Waals surface area contributed by atoms with E-state index in [2.05, 4.69) is 15.3 Å². The molecule has 1 aromatic heterocycles. The van der Waals surface area contributed by atoms with Gasteiger partial charge in [-0.25, -0.2) is 18.4 Å². The summed E-state index contributed by atoms with van der Waals surface area (Å²) in [6.07, 6.45) is -0.281. The molecule has 162 valence electrons. The first-order valence-electron chi connectivity index (χ1n) is 9.62. The van der Waals surface area contributed by atoms with E-state index in [1.54, 1.807) is 25.1 Å². The van der Waals surface area contributed by atoms with Gasteiger partial charge in [0, 0.05) is 49.1 Å². The van der Waals surface area contributed by atoms with E-state index < -0.39 is 14.9 Å². The third kappa shape index (κ3) is 5.49. The molecule has 1 aliphatic heterocycles. The Bertz CT molecular complexity index is 1020. The molecule has 10 nitrogen and oxygen atoms in total. The Morgan fingerprint density at radius 2 is 1.93 bits per heavy atom. The lowest BCUT2D eigenvalue weighted by atomic mass is 10.2. The number of benzene rings is 1. The highest BCUT2D eigenvalue weighted by atomic mass is 32.2. The van der Waals surface area contributed by atoms with E-state index in [9.17, 15) is 18.5 Å². The summed E-state index contributed by atoms with van der Waals surface area (Å²) in [7, 11) is -3.43. The summed E-state index contributed by atoms with van der Waals surface area (Å²) in [6, 6.07) is 7.77. The first kappa shape index (κ1) is 22.1. The van der Waals surface area contributed by atoms with Crippen LogP contribution in [0.1, 0.15) is 19.5 Å². The summed E-state index contributed by atoms with van der Waals surface area (Å²) in [4.78, 5) is 19.3. The Labute approximate surface area is 175 Å². The van der Waals surface area contributed by atoms with Crippen LogP contribution in [0.5, 0.6) is 0 Å². The van der Waals surface area contributed by atoms with Gasteiger partial charge in [-0.1, -0.05) is 12.1 Å². The van der Waals surface area contributed by atoms with Crippen molar-refractivity contribution in [3.63, 3.8) is 0 Å². The summed E-state index contributed by atoms with van der Waals surface area (Å²) >= 11 is 0. The number of rotatable bonds is 7. The van der Waals surface area contributed by atoms with Gasteiger partial charge in [0.05, 0.1) is 22.9 Å². The number of hydrogen-bond donors (Lipinski definition) is 1. The molecule has 0 saturated carbocycles. The van der Waals surface area contributed by atoms with Crippen LogP contribution in [-0.2, 0) is 14.8 Å². The van der Waals surface area contributed by atoms with E-state index >= 15 is 0 Å². The molecule has 0 bridgehead atoms. The van der Waals surface area contributed by atoms with Crippen LogP contribution in [0.15, 0.2) is 30.3 Å². The predicted molar refractivity (Wildman–Crippen MR) is 113 cm³/mol. The molecule has 0 aliphatic carbocycles. The number of ether oxygens (including phenoxy) is 1. The van der Waals surface area contributed by atoms with Gasteiger partial charge >= 0.3 is 0 Å². The molecule has 2 aromatic rings. The summed E-state index contributed by atoms with van der Waals surface area (Å²) in [5, 5.41) is 14.0. The minimum atomic E-state index is -3.43. The first-order valence-corrected chi connectivity index (χ1v) is 11.2. The molecule has 11 heteroatoms. The van der Waals surface area contributed by atoms with Gasteiger partial charge in [-0.2, -0.15) is 4.31 Å². The molecule has 1 aromatic carbocycles. The smallest absolute Gasteiger partial charge is 0.270 e. The molecule has 0 amide bonds. The summed E-state index contributed by atoms with van der Waals surface area (Å²) < 4.78 is 32.4. The van der Waals surface area contributed by atoms with Crippen LogP contribution in [0.4, 0.5) is 11.5 Å². The summed E-state index contributed by atoms with van der Waals surface area (Å²) in [5.74, 6) is 0.713. The van der Waals surface area contributed by atoms with Gasteiger partial charge < -0.3 is 10.1 Å². The minimum Gasteiger partial charge on any atom is -0.373 e. The first-order chi connectivity index (χ1) is 14.1. The van der Waals surface area contributed by atoms with E-state index in [4.69, 9.17) is 4.74 Å². The van der Waals surface area contributed by atoms with E-state index in [0.29, 0.717) is 36.0 Å². The van der Waals surface area contributed by atoms with Crippen molar-refractivity contribution in [1.29, 1.82) is 0 Å². The van der Waals surface area contributed by atoms with Crippen molar-refractivity contribution in [2.45, 2.75) is 33.0 Å². The lowest BCUT2D eigenvalue weighted by Crippen LogP contribution is -2.49. The zero-order valence-corrected chi connectivity index (χ0v) is 17.9. The van der Waals surface area contributed by atoms with Gasteiger partial charge in [0.1, 0.15) is 5.82 Å². The number of nitro benzene ring substituents is 1. The number of non-ortho nitro benzene ring substituents is 1. The molecule has 3 rings (SSSR count). The van der Waals surface area contributed by atoms with Gasteiger partial charge in [0.25, 0.3) is 5.69 Å². The van der Waals surface area contributed by atoms with Crippen LogP contribution >= 0.6 is 0 Å². The fourth-order valence-electron chi connectivity index (χ4n) is 3.34. The highest BCUT2D eigenvalue weighted by molar-refractivity contribution is 7.89. The number of hydrogen-bond acceptors (Lipinski definition) is 8. The second kappa shape index (κ2) is 9.02. The van der Waals surface area contributed by atoms with Gasteiger partial charge in [-0.3, -0.25) is 10.1 Å². The number of aryl methyl sites for hydroxylation is 1. The molecule has 1 N–H and O–H groups in total. The molecule has 1 saturated heterocycles. The monoisotopic (exact) mass is 435 g/mol. The van der Waals surface area contributed by atoms with E-state index in [1.807, 2.05) is 13.8 Å². The second-order valence-corrected chi connectivity index (χ2v) is 9.43. The molecule has 0 radical (unpaired) electrons. The minimum absolute atomic E-state index is 0.0489. The average molecular weight is 436 g/mol. The van der Waals surface area contributed by atoms with Crippen molar-refractivity contribution in [3.8, 4) is 11.4 Å². The van der Waals surface area contributed by atoms with Crippen molar-refractivity contribution < 1.29 is 18.1 Å². The van der Waals surface area contributed by atoms with E-state index in [1.165, 1.54) is 16.4 Å². The lowest BCUT2D eigenvalue weighted by Gasteiger charge is -2.34. The normalized spacial score (nSPS) is 20.1. The second-order valence-electron chi connectivity index (χ2n) is 7.34. The van der Waals surface area contributed by atoms with Crippen LogP contribution in [-0.4, -0.2) is 65.2 Å². The third-order valence-electron chi connectivity index (χ3n) is 4.62. The number of morpholine rings is 1. The quantitative estimate of drug-likeness (QED) is 0.518. The summed E-state index contributed by atoms with van der Waals surface area (Å²) in [5.41, 5.74) is 1.12. The fourth-order valence-corrected chi connectivity index (χ4v) is 4.83. The zero-order chi connectivity index (χ0) is 21.9. The number of sulfonamides is 1. The van der Waals surface area contributed by atoms with E-state index in [-0.39, 0.29) is 30.2 Å². The largest absolute Gasteiger partial charge is 0.373 e. The maximum atomic E-state index is 12.7. The average Bonchev–Trinajstić information content (AvgIpc) is 2.67. The van der Waals surface area contributed by atoms with Gasteiger partial charge in [-0.15, -0.1) is 0 Å². The van der Waals surface area contributed by atoms with Crippen molar-refractivity contribution in [3.05, 3.63) is 46.1 Å². The fraction of sp³-hybridized carbons (Fsp3) is 0.474. The van der Waals surface area contributed by atoms with Crippen LogP contribution in [0.25, 0.3) is 11.4 Å². The van der Waals surface area contributed by atoms with Crippen LogP contribution < -0.4 is 5.32 Å². The highest BCUT2D eigenvalue weighted by Crippen LogP contribution is 2.22. The van der Waals surface area contributed by atoms with Crippen molar-refractivity contribution in [1.82, 2.24) is 14.3 Å². The Hall–Kier alpha value is -2.63. The number of aromatic nitrogens is 2. The molecule has 30 heavy (non-hydrogen) atoms. The Morgan fingerprint density at radius 3 is 2.60 bits per heavy atom. The third-order valence-corrected chi connectivity index (χ3v) is 6.42. The topological polar surface area (TPSA) is 128 Å². The van der Waals surface area contributed by atoms with Crippen LogP contribution in [0.3, 0.4) is 0 Å². The molecular weight excluding hydrogens is 410 g/mol. The Kier molecular flexibility index (Phi) is 6.64. The maximum Gasteiger partial charge on any atom is 0.270 e. The number of nitrogens with zero attached hydrogens (tertiary/aromatic N) is 4. The van der Waals surface area contributed by atoms with Gasteiger partial charge in [-0.05, 0) is 20.8 Å². The Balaban J connectivity index is 1.69. The molecule has 2 atom stereocenters. The molecule has 0 spiro atoms. The van der Waals surface area contributed by atoms with Crippen molar-refractivity contribution in [2.24, 2.45) is 0 Å². The van der Waals surface area contributed by atoms with Crippen LogP contribution in [0.2, 0.25) is 0 Å². The molecule has 0 unspecified atom stereocenters. The SMILES string of the molecule is Cc1cc(NCCS(=O)(=O)N2C[C@@H](C)O[C@H](C)C2)nc(-c2cccc([N+](=O)[O-])c2)n1. The molecule has 1 fully saturated rings. The summed E-state index contributed by atoms with van der Waals surface area (Å²) in [6.45, 7) is 6.35. The molecular formula is C19H25N5O5S. The molecule has 2 heterocycles. The van der Waals surface area contributed by atoms with Gasteiger partial charge in [0.15, 0.2) is 5.82 Å². The van der Waals surface area contributed by atoms with E-state index in [0.717, 1.165) is 0 Å². The predicted octanol–water partition coefficient (Wildman–Crippen LogP) is 2.21. The van der Waals surface area contributed by atoms with Crippen molar-refractivity contribution in [2.75, 3.05) is 30.7 Å². The zero-order valence-electron chi connectivity index (χ0n) is 17.1. The highest BCUT2D eigenvalue weighted by Gasteiger charge is 2.30. The number of anilines is 1. The number of nitrogens with one attached hydrogen (secondary N) is 1. The number of nitro groups is 1. The lowest BCUT2D eigenvalue weighted by molar-refractivity contribution is -0.384.